The summed E-state index contributed by atoms with van der Waals surface area (Å²) < 4.78 is 10.5. The first kappa shape index (κ1) is 17.7. The van der Waals surface area contributed by atoms with E-state index in [0.717, 1.165) is 36.0 Å². The molecule has 0 radical (unpaired) electrons. The van der Waals surface area contributed by atoms with Crippen LogP contribution in [0, 0.1) is 0 Å². The fraction of sp³-hybridized carbons (Fsp3) is 0.316. The van der Waals surface area contributed by atoms with Crippen LogP contribution in [0.25, 0.3) is 0 Å². The highest BCUT2D eigenvalue weighted by Gasteiger charge is 2.01. The van der Waals surface area contributed by atoms with Crippen LogP contribution in [0.5, 0.6) is 11.5 Å². The molecule has 128 valence electrons. The van der Waals surface area contributed by atoms with Crippen molar-refractivity contribution in [2.75, 3.05) is 27.8 Å². The van der Waals surface area contributed by atoms with Gasteiger partial charge in [0.15, 0.2) is 5.96 Å². The number of hydrogen-bond donors (Lipinski definition) is 2. The van der Waals surface area contributed by atoms with E-state index in [-0.39, 0.29) is 0 Å². The summed E-state index contributed by atoms with van der Waals surface area (Å²) in [5, 5.41) is 6.63. The molecule has 0 aliphatic heterocycles. The molecule has 2 N–H and O–H groups in total. The molecule has 2 rings (SSSR count). The van der Waals surface area contributed by atoms with Crippen molar-refractivity contribution in [3.05, 3.63) is 59.7 Å². The topological polar surface area (TPSA) is 54.9 Å². The summed E-state index contributed by atoms with van der Waals surface area (Å²) in [7, 11) is 5.12. The van der Waals surface area contributed by atoms with Crippen LogP contribution in [0.3, 0.4) is 0 Å². The molecule has 2 aromatic carbocycles. The zero-order valence-corrected chi connectivity index (χ0v) is 14.5. The van der Waals surface area contributed by atoms with Crippen molar-refractivity contribution in [1.29, 1.82) is 0 Å². The standard InChI is InChI=1S/C19H25N3O2/c1-20-19(22-14-16-7-5-9-18(13-16)24-3)21-11-10-15-6-4-8-17(12-15)23-2/h4-9,12-13H,10-11,14H2,1-3H3,(H2,20,21,22). The second-order valence-electron chi connectivity index (χ2n) is 5.31. The van der Waals surface area contributed by atoms with Gasteiger partial charge in [-0.1, -0.05) is 24.3 Å². The van der Waals surface area contributed by atoms with Gasteiger partial charge in [-0.25, -0.2) is 0 Å². The molecule has 0 bridgehead atoms. The number of benzene rings is 2. The summed E-state index contributed by atoms with van der Waals surface area (Å²) in [6.45, 7) is 1.49. The van der Waals surface area contributed by atoms with Gasteiger partial charge in [-0.05, 0) is 41.8 Å². The Balaban J connectivity index is 1.79. The van der Waals surface area contributed by atoms with E-state index in [9.17, 15) is 0 Å². The minimum Gasteiger partial charge on any atom is -0.497 e. The monoisotopic (exact) mass is 327 g/mol. The molecule has 0 amide bonds. The lowest BCUT2D eigenvalue weighted by atomic mass is 10.1. The van der Waals surface area contributed by atoms with Crippen LogP contribution < -0.4 is 20.1 Å². The Morgan fingerprint density at radius 1 is 0.917 bits per heavy atom. The minimum absolute atomic E-state index is 0.691. The molecule has 0 atom stereocenters. The predicted molar refractivity (Wildman–Crippen MR) is 97.9 cm³/mol. The zero-order valence-electron chi connectivity index (χ0n) is 14.5. The van der Waals surface area contributed by atoms with Gasteiger partial charge in [-0.2, -0.15) is 0 Å². The summed E-state index contributed by atoms with van der Waals surface area (Å²) in [6, 6.07) is 16.1. The first-order valence-corrected chi connectivity index (χ1v) is 7.95. The lowest BCUT2D eigenvalue weighted by Crippen LogP contribution is -2.37. The molecule has 0 unspecified atom stereocenters. The third kappa shape index (κ3) is 5.50. The molecule has 0 aliphatic rings. The van der Waals surface area contributed by atoms with Gasteiger partial charge in [0.25, 0.3) is 0 Å². The SMILES string of the molecule is CN=C(NCCc1cccc(OC)c1)NCc1cccc(OC)c1. The molecular formula is C19H25N3O2. The van der Waals surface area contributed by atoms with Crippen LogP contribution in [-0.2, 0) is 13.0 Å². The van der Waals surface area contributed by atoms with Crippen LogP contribution in [0.4, 0.5) is 0 Å². The minimum atomic E-state index is 0.691. The van der Waals surface area contributed by atoms with Gasteiger partial charge in [-0.3, -0.25) is 4.99 Å². The van der Waals surface area contributed by atoms with Gasteiger partial charge < -0.3 is 20.1 Å². The van der Waals surface area contributed by atoms with Crippen molar-refractivity contribution in [2.45, 2.75) is 13.0 Å². The van der Waals surface area contributed by atoms with Gasteiger partial charge in [0.05, 0.1) is 14.2 Å². The number of ether oxygens (including phenoxy) is 2. The summed E-state index contributed by atoms with van der Waals surface area (Å²) in [5.74, 6) is 2.52. The number of rotatable bonds is 7. The molecule has 0 heterocycles. The highest BCUT2D eigenvalue weighted by atomic mass is 16.5. The van der Waals surface area contributed by atoms with Crippen LogP contribution in [0.15, 0.2) is 53.5 Å². The average molecular weight is 327 g/mol. The molecule has 5 nitrogen and oxygen atoms in total. The summed E-state index contributed by atoms with van der Waals surface area (Å²) in [4.78, 5) is 4.25. The molecule has 0 spiro atoms. The van der Waals surface area contributed by atoms with Gasteiger partial charge >= 0.3 is 0 Å². The highest BCUT2D eigenvalue weighted by molar-refractivity contribution is 5.79. The molecule has 0 saturated heterocycles. The molecule has 24 heavy (non-hydrogen) atoms. The van der Waals surface area contributed by atoms with Gasteiger partial charge in [0, 0.05) is 20.1 Å². The normalized spacial score (nSPS) is 11.0. The number of guanidine groups is 1. The quantitative estimate of drug-likeness (QED) is 0.606. The Bertz CT molecular complexity index is 671. The molecule has 2 aromatic rings. The van der Waals surface area contributed by atoms with Gasteiger partial charge in [0.1, 0.15) is 11.5 Å². The van der Waals surface area contributed by atoms with E-state index in [0.29, 0.717) is 6.54 Å². The second kappa shape index (κ2) is 9.45. The summed E-state index contributed by atoms with van der Waals surface area (Å²) in [6.07, 6.45) is 0.900. The van der Waals surface area contributed by atoms with Crippen LogP contribution in [-0.4, -0.2) is 33.8 Å². The third-order valence-corrected chi connectivity index (χ3v) is 3.66. The Morgan fingerprint density at radius 2 is 1.54 bits per heavy atom. The van der Waals surface area contributed by atoms with Crippen molar-refractivity contribution in [2.24, 2.45) is 4.99 Å². The molecule has 5 heteroatoms. The largest absolute Gasteiger partial charge is 0.497 e. The van der Waals surface area contributed by atoms with Crippen molar-refractivity contribution in [3.63, 3.8) is 0 Å². The fourth-order valence-corrected chi connectivity index (χ4v) is 2.34. The number of nitrogens with one attached hydrogen (secondary N) is 2. The maximum absolute atomic E-state index is 5.24. The molecule has 0 fully saturated rings. The Hall–Kier alpha value is -2.69. The van der Waals surface area contributed by atoms with E-state index in [4.69, 9.17) is 9.47 Å². The summed E-state index contributed by atoms with van der Waals surface area (Å²) in [5.41, 5.74) is 2.37. The van der Waals surface area contributed by atoms with E-state index in [1.54, 1.807) is 21.3 Å². The Kier molecular flexibility index (Phi) is 6.95. The fourth-order valence-electron chi connectivity index (χ4n) is 2.34. The van der Waals surface area contributed by atoms with Crippen LogP contribution in [0.1, 0.15) is 11.1 Å². The van der Waals surface area contributed by atoms with Gasteiger partial charge in [0.2, 0.25) is 0 Å². The Labute approximate surface area is 143 Å². The average Bonchev–Trinajstić information content (AvgIpc) is 2.64. The smallest absolute Gasteiger partial charge is 0.191 e. The number of aliphatic imine (C=N–C) groups is 1. The second-order valence-corrected chi connectivity index (χ2v) is 5.31. The first-order chi connectivity index (χ1) is 11.7. The van der Waals surface area contributed by atoms with E-state index in [1.807, 2.05) is 36.4 Å². The van der Waals surface area contributed by atoms with Gasteiger partial charge in [-0.15, -0.1) is 0 Å². The Morgan fingerprint density at radius 3 is 2.17 bits per heavy atom. The molecule has 0 aliphatic carbocycles. The van der Waals surface area contributed by atoms with E-state index < -0.39 is 0 Å². The predicted octanol–water partition coefficient (Wildman–Crippen LogP) is 2.61. The lowest BCUT2D eigenvalue weighted by molar-refractivity contribution is 0.414. The summed E-state index contributed by atoms with van der Waals surface area (Å²) >= 11 is 0. The van der Waals surface area contributed by atoms with E-state index in [1.165, 1.54) is 5.56 Å². The maximum atomic E-state index is 5.24. The number of hydrogen-bond acceptors (Lipinski definition) is 3. The maximum Gasteiger partial charge on any atom is 0.191 e. The number of methoxy groups -OCH3 is 2. The third-order valence-electron chi connectivity index (χ3n) is 3.66. The van der Waals surface area contributed by atoms with E-state index >= 15 is 0 Å². The van der Waals surface area contributed by atoms with Crippen LogP contribution in [0.2, 0.25) is 0 Å². The van der Waals surface area contributed by atoms with Crippen molar-refractivity contribution < 1.29 is 9.47 Å². The lowest BCUT2D eigenvalue weighted by Gasteiger charge is -2.12. The molecule has 0 saturated carbocycles. The molecule has 0 aromatic heterocycles. The van der Waals surface area contributed by atoms with Crippen molar-refractivity contribution in [1.82, 2.24) is 10.6 Å². The van der Waals surface area contributed by atoms with Crippen molar-refractivity contribution >= 4 is 5.96 Å². The highest BCUT2D eigenvalue weighted by Crippen LogP contribution is 2.13. The molecular weight excluding hydrogens is 302 g/mol. The van der Waals surface area contributed by atoms with Crippen LogP contribution >= 0.6 is 0 Å². The first-order valence-electron chi connectivity index (χ1n) is 7.95. The van der Waals surface area contributed by atoms with E-state index in [2.05, 4.69) is 27.8 Å². The van der Waals surface area contributed by atoms with Crippen molar-refractivity contribution in [3.8, 4) is 11.5 Å². The zero-order chi connectivity index (χ0) is 17.2. The number of nitrogens with zero attached hydrogens (tertiary/aromatic N) is 1.